The molecule has 0 bridgehead atoms. The number of halogens is 1. The molecular formula is C2HFN2O3S. The van der Waals surface area contributed by atoms with Crippen LogP contribution in [0.15, 0.2) is 0 Å². The van der Waals surface area contributed by atoms with E-state index in [2.05, 4.69) is 0 Å². The highest BCUT2D eigenvalue weighted by molar-refractivity contribution is 7.85. The number of amides is 1. The van der Waals surface area contributed by atoms with Gasteiger partial charge in [-0.3, -0.25) is 4.79 Å². The molecule has 0 aromatic rings. The van der Waals surface area contributed by atoms with Gasteiger partial charge < -0.3 is 0 Å². The van der Waals surface area contributed by atoms with E-state index in [9.17, 15) is 17.1 Å². The molecule has 1 N–H and O–H groups in total. The Balaban J connectivity index is 4.12. The third-order valence-corrected chi connectivity index (χ3v) is 0.745. The zero-order chi connectivity index (χ0) is 7.49. The molecule has 0 spiro atoms. The first-order valence-electron chi connectivity index (χ1n) is 1.62. The van der Waals surface area contributed by atoms with Gasteiger partial charge in [0.25, 0.3) is 0 Å². The average Bonchev–Trinajstić information content (AvgIpc) is 1.62. The largest absolute Gasteiger partial charge is 0.399 e. The Labute approximate surface area is 50.4 Å². The fourth-order valence-corrected chi connectivity index (χ4v) is 0.401. The molecule has 0 unspecified atom stereocenters. The number of carbonyl (C=O) groups excluding carboxylic acids is 1. The molecule has 0 saturated carbocycles. The number of nitrogens with zero attached hydrogens (tertiary/aromatic N) is 1. The van der Waals surface area contributed by atoms with Crippen LogP contribution in [0.2, 0.25) is 0 Å². The van der Waals surface area contributed by atoms with Crippen LogP contribution in [0.5, 0.6) is 0 Å². The van der Waals surface area contributed by atoms with E-state index in [0.717, 1.165) is 10.8 Å². The first-order valence-corrected chi connectivity index (χ1v) is 3.00. The van der Waals surface area contributed by atoms with Crippen molar-refractivity contribution in [1.82, 2.24) is 4.72 Å². The van der Waals surface area contributed by atoms with E-state index in [0.29, 0.717) is 0 Å². The molecule has 0 atom stereocenters. The minimum Gasteiger partial charge on any atom is -0.256 e. The molecule has 0 saturated heterocycles. The van der Waals surface area contributed by atoms with Crippen LogP contribution in [0.4, 0.5) is 3.89 Å². The van der Waals surface area contributed by atoms with Gasteiger partial charge in [-0.2, -0.15) is 13.7 Å². The van der Waals surface area contributed by atoms with Crippen molar-refractivity contribution < 1.29 is 17.1 Å². The van der Waals surface area contributed by atoms with Crippen molar-refractivity contribution in [2.45, 2.75) is 0 Å². The summed E-state index contributed by atoms with van der Waals surface area (Å²) >= 11 is 0. The summed E-state index contributed by atoms with van der Waals surface area (Å²) in [7, 11) is -5.06. The van der Waals surface area contributed by atoms with Gasteiger partial charge in [-0.05, 0) is 0 Å². The number of nitrogens with one attached hydrogen (secondary N) is 1. The Kier molecular flexibility index (Phi) is 2.10. The number of nitriles is 1. The van der Waals surface area contributed by atoms with Crippen molar-refractivity contribution in [1.29, 1.82) is 5.26 Å². The minimum atomic E-state index is -5.06. The predicted molar refractivity (Wildman–Crippen MR) is 23.8 cm³/mol. The third-order valence-electron chi connectivity index (χ3n) is 0.316. The lowest BCUT2D eigenvalue weighted by Gasteiger charge is -1.86. The van der Waals surface area contributed by atoms with Crippen LogP contribution in [0, 0.1) is 11.3 Å². The molecule has 0 fully saturated rings. The van der Waals surface area contributed by atoms with Crippen LogP contribution in [0.3, 0.4) is 0 Å². The zero-order valence-corrected chi connectivity index (χ0v) is 4.77. The second-order valence-corrected chi connectivity index (χ2v) is 2.06. The Bertz CT molecular complexity index is 249. The molecule has 1 amide bonds. The first kappa shape index (κ1) is 7.84. The molecule has 0 aliphatic heterocycles. The minimum absolute atomic E-state index is 0.774. The van der Waals surface area contributed by atoms with E-state index in [-0.39, 0.29) is 0 Å². The van der Waals surface area contributed by atoms with Gasteiger partial charge in [-0.1, -0.05) is 3.89 Å². The van der Waals surface area contributed by atoms with Crippen molar-refractivity contribution >= 4 is 16.3 Å². The zero-order valence-electron chi connectivity index (χ0n) is 3.96. The maximum absolute atomic E-state index is 11.3. The van der Waals surface area contributed by atoms with E-state index in [1.54, 1.807) is 0 Å². The van der Waals surface area contributed by atoms with Crippen LogP contribution in [-0.2, 0) is 15.2 Å². The van der Waals surface area contributed by atoms with Crippen LogP contribution >= 0.6 is 0 Å². The normalized spacial score (nSPS) is 9.78. The van der Waals surface area contributed by atoms with Gasteiger partial charge in [0.2, 0.25) is 0 Å². The van der Waals surface area contributed by atoms with Crippen LogP contribution in [0.25, 0.3) is 0 Å². The highest BCUT2D eigenvalue weighted by Crippen LogP contribution is 1.80. The smallest absolute Gasteiger partial charge is 0.256 e. The lowest BCUT2D eigenvalue weighted by atomic mass is 10.7. The van der Waals surface area contributed by atoms with E-state index >= 15 is 0 Å². The van der Waals surface area contributed by atoms with Crippen LogP contribution in [-0.4, -0.2) is 14.3 Å². The predicted octanol–water partition coefficient (Wildman–Crippen LogP) is -1.16. The summed E-state index contributed by atoms with van der Waals surface area (Å²) in [6.07, 6.45) is 0. The number of rotatable bonds is 1. The van der Waals surface area contributed by atoms with Gasteiger partial charge in [0.1, 0.15) is 0 Å². The molecule has 7 heteroatoms. The highest BCUT2D eigenvalue weighted by Gasteiger charge is 2.09. The van der Waals surface area contributed by atoms with Crippen molar-refractivity contribution in [3.05, 3.63) is 0 Å². The summed E-state index contributed by atoms with van der Waals surface area (Å²) in [4.78, 5) is 9.74. The Hall–Kier alpha value is -1.16. The molecule has 0 aliphatic carbocycles. The van der Waals surface area contributed by atoms with Gasteiger partial charge in [0.05, 0.1) is 0 Å². The molecule has 0 rings (SSSR count). The maximum Gasteiger partial charge on any atom is 0.399 e. The van der Waals surface area contributed by atoms with E-state index in [4.69, 9.17) is 5.26 Å². The molecule has 0 heterocycles. The quantitative estimate of drug-likeness (QED) is 0.379. The monoisotopic (exact) mass is 152 g/mol. The molecule has 0 aromatic carbocycles. The van der Waals surface area contributed by atoms with Crippen LogP contribution < -0.4 is 4.72 Å². The summed E-state index contributed by atoms with van der Waals surface area (Å²) in [5, 5.41) is 7.60. The molecule has 5 nitrogen and oxygen atoms in total. The summed E-state index contributed by atoms with van der Waals surface area (Å²) in [6, 6.07) is 0.852. The second-order valence-electron chi connectivity index (χ2n) is 0.981. The Morgan fingerprint density at radius 2 is 2.11 bits per heavy atom. The topological polar surface area (TPSA) is 87.0 Å². The highest BCUT2D eigenvalue weighted by atomic mass is 32.3. The van der Waals surface area contributed by atoms with Gasteiger partial charge >= 0.3 is 16.3 Å². The van der Waals surface area contributed by atoms with Crippen LogP contribution in [0.1, 0.15) is 0 Å². The first-order chi connectivity index (χ1) is 3.95. The van der Waals surface area contributed by atoms with Gasteiger partial charge in [0.15, 0.2) is 6.07 Å². The average molecular weight is 152 g/mol. The van der Waals surface area contributed by atoms with E-state index in [1.807, 2.05) is 0 Å². The number of hydrogen-bond donors (Lipinski definition) is 1. The van der Waals surface area contributed by atoms with Crippen molar-refractivity contribution in [3.63, 3.8) is 0 Å². The molecule has 50 valence electrons. The second kappa shape index (κ2) is 2.41. The Morgan fingerprint density at radius 3 is 2.22 bits per heavy atom. The fourth-order valence-electron chi connectivity index (χ4n) is 0.134. The van der Waals surface area contributed by atoms with Crippen molar-refractivity contribution in [3.8, 4) is 6.07 Å². The fraction of sp³-hybridized carbons (Fsp3) is 0. The molecular weight excluding hydrogens is 151 g/mol. The lowest BCUT2D eigenvalue weighted by Crippen LogP contribution is -2.25. The van der Waals surface area contributed by atoms with Gasteiger partial charge in [-0.15, -0.1) is 0 Å². The molecule has 0 aromatic heterocycles. The number of carbonyl (C=O) groups is 1. The summed E-state index contributed by atoms with van der Waals surface area (Å²) in [5.74, 6) is -1.54. The third kappa shape index (κ3) is 4.70. The van der Waals surface area contributed by atoms with E-state index < -0.39 is 16.3 Å². The molecule has 0 radical (unpaired) electrons. The maximum atomic E-state index is 11.3. The molecule has 0 aliphatic rings. The van der Waals surface area contributed by atoms with Gasteiger partial charge in [-0.25, -0.2) is 4.72 Å². The summed E-state index contributed by atoms with van der Waals surface area (Å²) in [5.41, 5.74) is 0. The van der Waals surface area contributed by atoms with E-state index in [1.165, 1.54) is 0 Å². The lowest BCUT2D eigenvalue weighted by molar-refractivity contribution is -0.114. The number of hydrogen-bond acceptors (Lipinski definition) is 4. The summed E-state index contributed by atoms with van der Waals surface area (Å²) in [6.45, 7) is 0. The van der Waals surface area contributed by atoms with Crippen molar-refractivity contribution in [2.24, 2.45) is 0 Å². The van der Waals surface area contributed by atoms with Gasteiger partial charge in [0, 0.05) is 0 Å². The molecule has 9 heavy (non-hydrogen) atoms. The summed E-state index contributed by atoms with van der Waals surface area (Å²) < 4.78 is 31.0. The Morgan fingerprint density at radius 1 is 1.67 bits per heavy atom. The standard InChI is InChI=1S/C2HFN2O3S/c3-9(7,8)5-2(6)1-4/h(H,5,6). The van der Waals surface area contributed by atoms with Crippen molar-refractivity contribution in [2.75, 3.05) is 0 Å². The SMILES string of the molecule is N#CC(=O)NS(=O)(=O)F.